The zero-order chi connectivity index (χ0) is 18.0. The highest BCUT2D eigenvalue weighted by molar-refractivity contribution is 5.80. The largest absolute Gasteiger partial charge is 0.495 e. The molecule has 134 valence electrons. The average molecular weight is 342 g/mol. The fourth-order valence-corrected chi connectivity index (χ4v) is 3.47. The summed E-state index contributed by atoms with van der Waals surface area (Å²) in [7, 11) is 1.69. The summed E-state index contributed by atoms with van der Waals surface area (Å²) >= 11 is 0. The van der Waals surface area contributed by atoms with E-state index in [1.807, 2.05) is 54.6 Å². The summed E-state index contributed by atoms with van der Waals surface area (Å²) in [6, 6.07) is 9.75. The molecule has 6 nitrogen and oxygen atoms in total. The maximum atomic E-state index is 12.8. The van der Waals surface area contributed by atoms with E-state index >= 15 is 0 Å². The standard InChI is InChI=1S/C19H26N4O2/c1-14-13-15(2)23(20-14)16(3)19(24)22-11-9-21(10-12-22)17-7-5-6-8-18(17)25-4/h5-8,13,16H,9-12H2,1-4H3. The quantitative estimate of drug-likeness (QED) is 0.856. The average Bonchev–Trinajstić information content (AvgIpc) is 2.98. The van der Waals surface area contributed by atoms with Gasteiger partial charge in [-0.15, -0.1) is 0 Å². The van der Waals surface area contributed by atoms with Crippen molar-refractivity contribution < 1.29 is 9.53 Å². The number of benzene rings is 1. The Morgan fingerprint density at radius 3 is 2.44 bits per heavy atom. The van der Waals surface area contributed by atoms with Gasteiger partial charge in [0.1, 0.15) is 11.8 Å². The normalized spacial score (nSPS) is 16.0. The molecule has 1 aromatic heterocycles. The van der Waals surface area contributed by atoms with Crippen LogP contribution in [-0.4, -0.2) is 53.9 Å². The molecule has 0 saturated carbocycles. The van der Waals surface area contributed by atoms with Crippen LogP contribution < -0.4 is 9.64 Å². The van der Waals surface area contributed by atoms with Crippen molar-refractivity contribution in [1.29, 1.82) is 0 Å². The first-order valence-corrected chi connectivity index (χ1v) is 8.70. The van der Waals surface area contributed by atoms with E-state index in [1.165, 1.54) is 0 Å². The molecule has 1 unspecified atom stereocenters. The van der Waals surface area contributed by atoms with Gasteiger partial charge in [-0.25, -0.2) is 0 Å². The van der Waals surface area contributed by atoms with Gasteiger partial charge in [0.05, 0.1) is 18.5 Å². The number of hydrogen-bond donors (Lipinski definition) is 0. The molecular formula is C19H26N4O2. The first-order chi connectivity index (χ1) is 12.0. The van der Waals surface area contributed by atoms with Gasteiger partial charge in [-0.1, -0.05) is 12.1 Å². The Bertz CT molecular complexity index is 748. The molecule has 1 amide bonds. The third-order valence-electron chi connectivity index (χ3n) is 4.79. The lowest BCUT2D eigenvalue weighted by Crippen LogP contribution is -2.50. The van der Waals surface area contributed by atoms with Crippen molar-refractivity contribution >= 4 is 11.6 Å². The number of aryl methyl sites for hydroxylation is 2. The molecule has 1 aliphatic rings. The number of para-hydroxylation sites is 2. The van der Waals surface area contributed by atoms with Gasteiger partial charge in [0.15, 0.2) is 0 Å². The van der Waals surface area contributed by atoms with Crippen LogP contribution in [0.4, 0.5) is 5.69 Å². The Kier molecular flexibility index (Phi) is 4.97. The van der Waals surface area contributed by atoms with Crippen molar-refractivity contribution in [3.05, 3.63) is 41.7 Å². The molecule has 1 aliphatic heterocycles. The van der Waals surface area contributed by atoms with Gasteiger partial charge < -0.3 is 14.5 Å². The van der Waals surface area contributed by atoms with Crippen LogP contribution in [0.3, 0.4) is 0 Å². The summed E-state index contributed by atoms with van der Waals surface area (Å²) in [5, 5.41) is 4.45. The number of ether oxygens (including phenoxy) is 1. The number of hydrogen-bond acceptors (Lipinski definition) is 4. The minimum atomic E-state index is -0.272. The van der Waals surface area contributed by atoms with E-state index in [0.717, 1.165) is 35.9 Å². The molecule has 6 heteroatoms. The van der Waals surface area contributed by atoms with E-state index in [0.29, 0.717) is 13.1 Å². The predicted octanol–water partition coefficient (Wildman–Crippen LogP) is 2.42. The molecule has 0 aliphatic carbocycles. The molecule has 1 saturated heterocycles. The molecule has 25 heavy (non-hydrogen) atoms. The topological polar surface area (TPSA) is 50.6 Å². The van der Waals surface area contributed by atoms with E-state index in [9.17, 15) is 4.79 Å². The number of anilines is 1. The molecule has 1 fully saturated rings. The summed E-state index contributed by atoms with van der Waals surface area (Å²) in [5.74, 6) is 1.00. The highest BCUT2D eigenvalue weighted by atomic mass is 16.5. The summed E-state index contributed by atoms with van der Waals surface area (Å²) in [4.78, 5) is 17.1. The Hall–Kier alpha value is -2.50. The SMILES string of the molecule is COc1ccccc1N1CCN(C(=O)C(C)n2nc(C)cc2C)CC1. The van der Waals surface area contributed by atoms with Crippen LogP contribution in [0.15, 0.2) is 30.3 Å². The first-order valence-electron chi connectivity index (χ1n) is 8.70. The molecule has 1 aromatic carbocycles. The van der Waals surface area contributed by atoms with Gasteiger partial charge in [-0.3, -0.25) is 9.48 Å². The number of carbonyl (C=O) groups is 1. The number of aromatic nitrogens is 2. The molecule has 2 heterocycles. The Morgan fingerprint density at radius 1 is 1.16 bits per heavy atom. The molecule has 3 rings (SSSR count). The van der Waals surface area contributed by atoms with Crippen molar-refractivity contribution in [2.45, 2.75) is 26.8 Å². The van der Waals surface area contributed by atoms with Crippen molar-refractivity contribution in [2.75, 3.05) is 38.2 Å². The number of methoxy groups -OCH3 is 1. The molecule has 1 atom stereocenters. The molecular weight excluding hydrogens is 316 g/mol. The van der Waals surface area contributed by atoms with Gasteiger partial charge in [0, 0.05) is 31.9 Å². The molecule has 2 aromatic rings. The zero-order valence-electron chi connectivity index (χ0n) is 15.4. The number of nitrogens with zero attached hydrogens (tertiary/aromatic N) is 4. The molecule has 0 spiro atoms. The minimum absolute atomic E-state index is 0.130. The first kappa shape index (κ1) is 17.3. The van der Waals surface area contributed by atoms with E-state index < -0.39 is 0 Å². The Balaban J connectivity index is 1.65. The summed E-state index contributed by atoms with van der Waals surface area (Å²) in [5.41, 5.74) is 3.05. The van der Waals surface area contributed by atoms with Gasteiger partial charge >= 0.3 is 0 Å². The number of amides is 1. The van der Waals surface area contributed by atoms with Crippen molar-refractivity contribution in [1.82, 2.24) is 14.7 Å². The molecule has 0 radical (unpaired) electrons. The van der Waals surface area contributed by atoms with Gasteiger partial charge in [0.25, 0.3) is 0 Å². The second-order valence-corrected chi connectivity index (χ2v) is 6.53. The smallest absolute Gasteiger partial charge is 0.247 e. The van der Waals surface area contributed by atoms with E-state index in [4.69, 9.17) is 4.74 Å². The lowest BCUT2D eigenvalue weighted by molar-refractivity contribution is -0.134. The Labute approximate surface area is 149 Å². The van der Waals surface area contributed by atoms with Crippen LogP contribution in [0.5, 0.6) is 5.75 Å². The lowest BCUT2D eigenvalue weighted by Gasteiger charge is -2.37. The molecule has 0 N–H and O–H groups in total. The summed E-state index contributed by atoms with van der Waals surface area (Å²) < 4.78 is 7.27. The highest BCUT2D eigenvalue weighted by Gasteiger charge is 2.27. The number of rotatable bonds is 4. The second-order valence-electron chi connectivity index (χ2n) is 6.53. The highest BCUT2D eigenvalue weighted by Crippen LogP contribution is 2.28. The van der Waals surface area contributed by atoms with Crippen molar-refractivity contribution in [2.24, 2.45) is 0 Å². The summed E-state index contributed by atoms with van der Waals surface area (Å²) in [6.07, 6.45) is 0. The van der Waals surface area contributed by atoms with Crippen molar-refractivity contribution in [3.63, 3.8) is 0 Å². The van der Waals surface area contributed by atoms with Crippen LogP contribution in [-0.2, 0) is 4.79 Å². The van der Waals surface area contributed by atoms with E-state index in [1.54, 1.807) is 7.11 Å². The number of piperazine rings is 1. The lowest BCUT2D eigenvalue weighted by atomic mass is 10.2. The van der Waals surface area contributed by atoms with E-state index in [2.05, 4.69) is 16.1 Å². The third kappa shape index (κ3) is 3.48. The van der Waals surface area contributed by atoms with Crippen LogP contribution in [0.1, 0.15) is 24.4 Å². The van der Waals surface area contributed by atoms with Crippen LogP contribution in [0.2, 0.25) is 0 Å². The fourth-order valence-electron chi connectivity index (χ4n) is 3.47. The van der Waals surface area contributed by atoms with Crippen molar-refractivity contribution in [3.8, 4) is 5.75 Å². The van der Waals surface area contributed by atoms with Crippen LogP contribution >= 0.6 is 0 Å². The minimum Gasteiger partial charge on any atom is -0.495 e. The van der Waals surface area contributed by atoms with Crippen LogP contribution in [0.25, 0.3) is 0 Å². The molecule has 0 bridgehead atoms. The predicted molar refractivity (Wildman–Crippen MR) is 98.2 cm³/mol. The summed E-state index contributed by atoms with van der Waals surface area (Å²) in [6.45, 7) is 8.89. The number of carbonyl (C=O) groups excluding carboxylic acids is 1. The second kappa shape index (κ2) is 7.17. The van der Waals surface area contributed by atoms with Gasteiger partial charge in [-0.05, 0) is 39.0 Å². The van der Waals surface area contributed by atoms with Gasteiger partial charge in [0.2, 0.25) is 5.91 Å². The monoisotopic (exact) mass is 342 g/mol. The fraction of sp³-hybridized carbons (Fsp3) is 0.474. The zero-order valence-corrected chi connectivity index (χ0v) is 15.4. The van der Waals surface area contributed by atoms with E-state index in [-0.39, 0.29) is 11.9 Å². The van der Waals surface area contributed by atoms with Gasteiger partial charge in [-0.2, -0.15) is 5.10 Å². The van der Waals surface area contributed by atoms with Crippen LogP contribution in [0, 0.1) is 13.8 Å². The maximum absolute atomic E-state index is 12.8. The Morgan fingerprint density at radius 2 is 1.84 bits per heavy atom. The third-order valence-corrected chi connectivity index (χ3v) is 4.79. The maximum Gasteiger partial charge on any atom is 0.247 e.